The number of ether oxygens (including phenoxy) is 1. The minimum absolute atomic E-state index is 0.154. The van der Waals surface area contributed by atoms with Crippen molar-refractivity contribution >= 4 is 7.82 Å². The van der Waals surface area contributed by atoms with Crippen LogP contribution in [0.1, 0.15) is 31.2 Å². The second-order valence-corrected chi connectivity index (χ2v) is 9.33. The minimum atomic E-state index is -4.61. The Morgan fingerprint density at radius 3 is 2.62 bits per heavy atom. The Kier molecular flexibility index (Phi) is 3.65. The third-order valence-electron chi connectivity index (χ3n) is 7.12. The first-order chi connectivity index (χ1) is 12.4. The predicted octanol–water partition coefficient (Wildman–Crippen LogP) is 2.77. The van der Waals surface area contributed by atoms with Gasteiger partial charge in [-0.25, -0.2) is 14.3 Å². The molecule has 6 atom stereocenters. The van der Waals surface area contributed by atoms with E-state index in [-0.39, 0.29) is 17.3 Å². The minimum Gasteiger partial charge on any atom is -0.404 e. The fourth-order valence-corrected chi connectivity index (χ4v) is 6.74. The van der Waals surface area contributed by atoms with Crippen molar-refractivity contribution in [2.45, 2.75) is 36.9 Å². The van der Waals surface area contributed by atoms with Crippen LogP contribution in [0.15, 0.2) is 24.3 Å². The van der Waals surface area contributed by atoms with Gasteiger partial charge in [-0.15, -0.1) is 0 Å². The number of benzene rings is 1. The van der Waals surface area contributed by atoms with E-state index in [4.69, 9.17) is 28.8 Å². The van der Waals surface area contributed by atoms with Gasteiger partial charge in [0.25, 0.3) is 0 Å². The van der Waals surface area contributed by atoms with Crippen molar-refractivity contribution in [1.29, 1.82) is 0 Å². The van der Waals surface area contributed by atoms with Gasteiger partial charge in [-0.1, -0.05) is 12.1 Å². The van der Waals surface area contributed by atoms with Crippen LogP contribution in [0.4, 0.5) is 0 Å². The average Bonchev–Trinajstić information content (AvgIpc) is 2.52. The summed E-state index contributed by atoms with van der Waals surface area (Å²) < 4.78 is 22.3. The maximum absolute atomic E-state index is 11.2. The molecule has 5 fully saturated rings. The van der Waals surface area contributed by atoms with E-state index in [1.165, 1.54) is 6.42 Å². The standard InChI is InChI=1S/C18H23O7P/c1-22-18(12-3-2-4-15(9-12)24-26(19,20)21)14-6-11-5-13(8-14)17(10-23-25-17)16(18)7-11/h2-4,9,11,13-14,16H,5-8,10H2,1H3,(H2,19,20,21)/t11-,13+,14+,16-,17-,18-/m1/s1. The lowest BCUT2D eigenvalue weighted by Gasteiger charge is -2.69. The zero-order valence-corrected chi connectivity index (χ0v) is 15.4. The molecule has 1 saturated heterocycles. The lowest BCUT2D eigenvalue weighted by Crippen LogP contribution is -2.73. The Balaban J connectivity index is 1.60. The highest BCUT2D eigenvalue weighted by Crippen LogP contribution is 2.69. The van der Waals surface area contributed by atoms with E-state index >= 15 is 0 Å². The molecule has 1 aromatic rings. The molecule has 26 heavy (non-hydrogen) atoms. The smallest absolute Gasteiger partial charge is 0.404 e. The lowest BCUT2D eigenvalue weighted by atomic mass is 9.43. The van der Waals surface area contributed by atoms with Crippen molar-refractivity contribution in [3.63, 3.8) is 0 Å². The summed E-state index contributed by atoms with van der Waals surface area (Å²) in [5.41, 5.74) is 0.0456. The van der Waals surface area contributed by atoms with Crippen LogP contribution in [0, 0.1) is 23.7 Å². The summed E-state index contributed by atoms with van der Waals surface area (Å²) in [4.78, 5) is 29.2. The van der Waals surface area contributed by atoms with Gasteiger partial charge in [-0.2, -0.15) is 0 Å². The van der Waals surface area contributed by atoms with Gasteiger partial charge in [-0.05, 0) is 61.1 Å². The summed E-state index contributed by atoms with van der Waals surface area (Å²) in [5, 5.41) is 0. The number of methoxy groups -OCH3 is 1. The van der Waals surface area contributed by atoms with Crippen molar-refractivity contribution in [2.24, 2.45) is 23.7 Å². The van der Waals surface area contributed by atoms with Gasteiger partial charge in [0.1, 0.15) is 23.6 Å². The summed E-state index contributed by atoms with van der Waals surface area (Å²) in [7, 11) is -2.88. The van der Waals surface area contributed by atoms with Gasteiger partial charge in [0.05, 0.1) is 0 Å². The van der Waals surface area contributed by atoms with E-state index < -0.39 is 13.4 Å². The zero-order chi connectivity index (χ0) is 18.2. The summed E-state index contributed by atoms with van der Waals surface area (Å²) in [6.07, 6.45) is 4.35. The molecule has 0 radical (unpaired) electrons. The maximum Gasteiger partial charge on any atom is 0.524 e. The van der Waals surface area contributed by atoms with Crippen LogP contribution in [0.25, 0.3) is 0 Å². The maximum atomic E-state index is 11.2. The number of phosphoric ester groups is 1. The van der Waals surface area contributed by atoms with Gasteiger partial charge >= 0.3 is 7.82 Å². The molecule has 1 aromatic carbocycles. The molecule has 5 aliphatic rings. The molecule has 142 valence electrons. The number of hydrogen-bond acceptors (Lipinski definition) is 5. The Hall–Kier alpha value is -0.950. The highest BCUT2D eigenvalue weighted by molar-refractivity contribution is 7.46. The molecule has 4 saturated carbocycles. The van der Waals surface area contributed by atoms with Gasteiger partial charge in [0.15, 0.2) is 0 Å². The highest BCUT2D eigenvalue weighted by Gasteiger charge is 2.72. The third-order valence-corrected chi connectivity index (χ3v) is 7.57. The van der Waals surface area contributed by atoms with Crippen molar-refractivity contribution in [2.75, 3.05) is 13.7 Å². The Morgan fingerprint density at radius 1 is 1.19 bits per heavy atom. The van der Waals surface area contributed by atoms with Crippen LogP contribution in [-0.4, -0.2) is 29.1 Å². The molecule has 1 spiro atoms. The highest BCUT2D eigenvalue weighted by atomic mass is 31.2. The quantitative estimate of drug-likeness (QED) is 0.611. The fourth-order valence-electron chi connectivity index (χ4n) is 6.35. The van der Waals surface area contributed by atoms with Crippen LogP contribution in [0.5, 0.6) is 5.75 Å². The molecule has 0 aromatic heterocycles. The second kappa shape index (κ2) is 5.53. The van der Waals surface area contributed by atoms with Crippen LogP contribution in [-0.2, 0) is 24.7 Å². The van der Waals surface area contributed by atoms with E-state index in [2.05, 4.69) is 0 Å². The van der Waals surface area contributed by atoms with Crippen LogP contribution in [0.3, 0.4) is 0 Å². The molecular weight excluding hydrogens is 359 g/mol. The summed E-state index contributed by atoms with van der Waals surface area (Å²) >= 11 is 0. The molecule has 7 nitrogen and oxygen atoms in total. The topological polar surface area (TPSA) is 94.5 Å². The van der Waals surface area contributed by atoms with Gasteiger partial charge in [0.2, 0.25) is 0 Å². The summed E-state index contributed by atoms with van der Waals surface area (Å²) in [5.74, 6) is 1.86. The molecule has 1 aliphatic heterocycles. The molecule has 6 rings (SSSR count). The van der Waals surface area contributed by atoms with Gasteiger partial charge < -0.3 is 9.26 Å². The first-order valence-corrected chi connectivity index (χ1v) is 10.6. The van der Waals surface area contributed by atoms with Crippen LogP contribution in [0.2, 0.25) is 0 Å². The molecule has 1 heterocycles. The predicted molar refractivity (Wildman–Crippen MR) is 90.0 cm³/mol. The third kappa shape index (κ3) is 2.22. The van der Waals surface area contributed by atoms with E-state index in [0.717, 1.165) is 24.8 Å². The zero-order valence-electron chi connectivity index (χ0n) is 14.5. The molecule has 4 aliphatic carbocycles. The van der Waals surface area contributed by atoms with Crippen molar-refractivity contribution in [3.05, 3.63) is 29.8 Å². The normalized spacial score (nSPS) is 43.5. The van der Waals surface area contributed by atoms with E-state index in [0.29, 0.717) is 24.4 Å². The first-order valence-electron chi connectivity index (χ1n) is 9.09. The van der Waals surface area contributed by atoms with E-state index in [1.54, 1.807) is 25.3 Å². The second-order valence-electron chi connectivity index (χ2n) is 8.16. The Labute approximate surface area is 151 Å². The van der Waals surface area contributed by atoms with Gasteiger partial charge in [-0.3, -0.25) is 9.79 Å². The van der Waals surface area contributed by atoms with Crippen LogP contribution < -0.4 is 4.52 Å². The van der Waals surface area contributed by atoms with E-state index in [9.17, 15) is 4.57 Å². The largest absolute Gasteiger partial charge is 0.524 e. The monoisotopic (exact) mass is 382 g/mol. The van der Waals surface area contributed by atoms with Crippen molar-refractivity contribution in [3.8, 4) is 5.75 Å². The first kappa shape index (κ1) is 17.2. The Morgan fingerprint density at radius 2 is 1.96 bits per heavy atom. The SMILES string of the molecule is CO[C@]1(c2cccc(OP(=O)(O)O)c2)[C@H]2C[C@H]3C[C@@H](C2)[C@]2(COO2)[C@H]1C3. The van der Waals surface area contributed by atoms with Crippen LogP contribution >= 0.6 is 7.82 Å². The van der Waals surface area contributed by atoms with Gasteiger partial charge in [0, 0.05) is 13.0 Å². The number of rotatable bonds is 4. The summed E-state index contributed by atoms with van der Waals surface area (Å²) in [6, 6.07) is 6.99. The molecular formula is C18H23O7P. The molecule has 0 amide bonds. The number of phosphoric acid groups is 1. The van der Waals surface area contributed by atoms with Crippen molar-refractivity contribution < 1.29 is 33.4 Å². The molecule has 2 N–H and O–H groups in total. The average molecular weight is 382 g/mol. The summed E-state index contributed by atoms with van der Waals surface area (Å²) in [6.45, 7) is 0.589. The fraction of sp³-hybridized carbons (Fsp3) is 0.667. The molecule has 0 unspecified atom stereocenters. The molecule has 8 heteroatoms. The van der Waals surface area contributed by atoms with Crippen molar-refractivity contribution in [1.82, 2.24) is 0 Å². The Bertz CT molecular complexity index is 773. The van der Waals surface area contributed by atoms with E-state index in [1.807, 2.05) is 6.07 Å². The lowest BCUT2D eigenvalue weighted by molar-refractivity contribution is -0.524. The number of hydrogen-bond donors (Lipinski definition) is 2. The molecule has 4 bridgehead atoms.